The number of allylic oxidation sites excluding steroid dienone is 3. The van der Waals surface area contributed by atoms with E-state index >= 15 is 0 Å². The van der Waals surface area contributed by atoms with Crippen LogP contribution in [0.4, 0.5) is 0 Å². The SMILES string of the molecule is C=C(C)/C(C)=C\CC.C=C=C.CC. The molecule has 0 aliphatic rings. The van der Waals surface area contributed by atoms with Crippen molar-refractivity contribution < 1.29 is 0 Å². The standard InChI is InChI=1S/C8H14.C3H4.C2H6/c1-5-6-8(4)7(2)3;1-3-2;1-2/h6H,2,5H2,1,3-4H3;1-2H2;1-2H3/b8-6-;;. The van der Waals surface area contributed by atoms with Crippen LogP contribution in [0.5, 0.6) is 0 Å². The molecule has 0 saturated heterocycles. The molecule has 0 radical (unpaired) electrons. The maximum Gasteiger partial charge on any atom is -0.0374 e. The molecule has 0 nitrogen and oxygen atoms in total. The van der Waals surface area contributed by atoms with Crippen LogP contribution in [-0.2, 0) is 0 Å². The lowest BCUT2D eigenvalue weighted by atomic mass is 10.1. The van der Waals surface area contributed by atoms with Crippen molar-refractivity contribution >= 4 is 0 Å². The van der Waals surface area contributed by atoms with Crippen LogP contribution in [0.15, 0.2) is 42.7 Å². The van der Waals surface area contributed by atoms with Gasteiger partial charge in [-0.25, -0.2) is 0 Å². The fourth-order valence-corrected chi connectivity index (χ4v) is 0.480. The van der Waals surface area contributed by atoms with Gasteiger partial charge in [0.15, 0.2) is 0 Å². The second-order valence-electron chi connectivity index (χ2n) is 2.33. The molecule has 0 N–H and O–H groups in total. The van der Waals surface area contributed by atoms with E-state index < -0.39 is 0 Å². The van der Waals surface area contributed by atoms with E-state index in [1.807, 2.05) is 20.8 Å². The van der Waals surface area contributed by atoms with Gasteiger partial charge in [-0.1, -0.05) is 57.7 Å². The smallest absolute Gasteiger partial charge is 0.0374 e. The summed E-state index contributed by atoms with van der Waals surface area (Å²) in [5.41, 5.74) is 4.74. The van der Waals surface area contributed by atoms with Crippen LogP contribution in [0, 0.1) is 0 Å². The minimum absolute atomic E-state index is 1.11. The normalized spacial score (nSPS) is 8.23. The van der Waals surface area contributed by atoms with Crippen molar-refractivity contribution in [1.82, 2.24) is 0 Å². The zero-order valence-electron chi connectivity index (χ0n) is 9.91. The largest absolute Gasteiger partial charge is 0.137 e. The molecule has 0 unspecified atom stereocenters. The molecule has 0 heterocycles. The first kappa shape index (κ1) is 17.9. The van der Waals surface area contributed by atoms with Gasteiger partial charge in [0.2, 0.25) is 0 Å². The molecule has 0 amide bonds. The van der Waals surface area contributed by atoms with E-state index in [0.717, 1.165) is 6.42 Å². The van der Waals surface area contributed by atoms with Gasteiger partial charge in [-0.15, -0.1) is 5.73 Å². The third-order valence-electron chi connectivity index (χ3n) is 1.18. The highest BCUT2D eigenvalue weighted by atomic mass is 13.9. The molecule has 0 aromatic rings. The van der Waals surface area contributed by atoms with Gasteiger partial charge in [0.25, 0.3) is 0 Å². The molecule has 0 aliphatic carbocycles. The maximum absolute atomic E-state index is 3.81. The monoisotopic (exact) mass is 180 g/mol. The summed E-state index contributed by atoms with van der Waals surface area (Å²) in [5.74, 6) is 0. The Hall–Kier alpha value is -1.00. The molecule has 0 aromatic heterocycles. The molecule has 0 saturated carbocycles. The van der Waals surface area contributed by atoms with E-state index in [2.05, 4.69) is 45.4 Å². The van der Waals surface area contributed by atoms with Crippen molar-refractivity contribution in [3.05, 3.63) is 42.7 Å². The van der Waals surface area contributed by atoms with Gasteiger partial charge in [-0.2, -0.15) is 0 Å². The molecule has 0 bridgehead atoms. The van der Waals surface area contributed by atoms with Gasteiger partial charge < -0.3 is 0 Å². The van der Waals surface area contributed by atoms with E-state index in [0.29, 0.717) is 0 Å². The third kappa shape index (κ3) is 24.8. The van der Waals surface area contributed by atoms with Gasteiger partial charge in [-0.05, 0) is 20.3 Å². The Morgan fingerprint density at radius 1 is 1.23 bits per heavy atom. The predicted molar refractivity (Wildman–Crippen MR) is 65.0 cm³/mol. The molecule has 0 fully saturated rings. The van der Waals surface area contributed by atoms with E-state index in [9.17, 15) is 0 Å². The molecule has 0 heteroatoms. The zero-order valence-corrected chi connectivity index (χ0v) is 9.91. The van der Waals surface area contributed by atoms with Gasteiger partial charge in [-0.3, -0.25) is 0 Å². The molecular formula is C13H24. The zero-order chi connectivity index (χ0) is 11.3. The highest BCUT2D eigenvalue weighted by molar-refractivity contribution is 5.23. The van der Waals surface area contributed by atoms with Crippen LogP contribution in [0.2, 0.25) is 0 Å². The van der Waals surface area contributed by atoms with Gasteiger partial charge >= 0.3 is 0 Å². The minimum Gasteiger partial charge on any atom is -0.137 e. The topological polar surface area (TPSA) is 0 Å². The Labute approximate surface area is 84.4 Å². The first-order valence-corrected chi connectivity index (χ1v) is 4.71. The summed E-state index contributed by atoms with van der Waals surface area (Å²) in [6.45, 7) is 20.3. The second kappa shape index (κ2) is 17.2. The number of hydrogen-bond donors (Lipinski definition) is 0. The lowest BCUT2D eigenvalue weighted by Gasteiger charge is -1.94. The van der Waals surface area contributed by atoms with Crippen LogP contribution < -0.4 is 0 Å². The fourth-order valence-electron chi connectivity index (χ4n) is 0.480. The van der Waals surface area contributed by atoms with Crippen LogP contribution in [0.3, 0.4) is 0 Å². The number of hydrogen-bond acceptors (Lipinski definition) is 0. The minimum atomic E-state index is 1.11. The molecule has 0 spiro atoms. The number of rotatable bonds is 2. The first-order chi connectivity index (χ1) is 6.09. The van der Waals surface area contributed by atoms with Crippen molar-refractivity contribution in [1.29, 1.82) is 0 Å². The summed E-state index contributed by atoms with van der Waals surface area (Å²) in [5, 5.41) is 0. The summed E-state index contributed by atoms with van der Waals surface area (Å²) < 4.78 is 0. The summed E-state index contributed by atoms with van der Waals surface area (Å²) >= 11 is 0. The molecule has 76 valence electrons. The van der Waals surface area contributed by atoms with Crippen molar-refractivity contribution in [2.24, 2.45) is 0 Å². The van der Waals surface area contributed by atoms with Gasteiger partial charge in [0.05, 0.1) is 0 Å². The van der Waals surface area contributed by atoms with Crippen molar-refractivity contribution in [2.45, 2.75) is 41.0 Å². The van der Waals surface area contributed by atoms with Crippen molar-refractivity contribution in [3.8, 4) is 0 Å². The van der Waals surface area contributed by atoms with Crippen LogP contribution >= 0.6 is 0 Å². The second-order valence-corrected chi connectivity index (χ2v) is 2.33. The highest BCUT2D eigenvalue weighted by Crippen LogP contribution is 2.04. The lowest BCUT2D eigenvalue weighted by molar-refractivity contribution is 1.18. The third-order valence-corrected chi connectivity index (χ3v) is 1.18. The summed E-state index contributed by atoms with van der Waals surface area (Å²) in [4.78, 5) is 0. The Bertz CT molecular complexity index is 164. The van der Waals surface area contributed by atoms with Crippen molar-refractivity contribution in [2.75, 3.05) is 0 Å². The van der Waals surface area contributed by atoms with Crippen LogP contribution in [-0.4, -0.2) is 0 Å². The average Bonchev–Trinajstić information content (AvgIpc) is 2.10. The summed E-state index contributed by atoms with van der Waals surface area (Å²) in [7, 11) is 0. The summed E-state index contributed by atoms with van der Waals surface area (Å²) in [6, 6.07) is 0. The van der Waals surface area contributed by atoms with Crippen LogP contribution in [0.1, 0.15) is 41.0 Å². The molecule has 0 rings (SSSR count). The Morgan fingerprint density at radius 3 is 1.62 bits per heavy atom. The molecule has 0 atom stereocenters. The van der Waals surface area contributed by atoms with Gasteiger partial charge in [0.1, 0.15) is 0 Å². The predicted octanol–water partition coefficient (Wildman–Crippen LogP) is 4.90. The Morgan fingerprint density at radius 2 is 1.54 bits per heavy atom. The van der Waals surface area contributed by atoms with Crippen LogP contribution in [0.25, 0.3) is 0 Å². The van der Waals surface area contributed by atoms with Gasteiger partial charge in [0, 0.05) is 0 Å². The molecular weight excluding hydrogens is 156 g/mol. The van der Waals surface area contributed by atoms with E-state index in [4.69, 9.17) is 0 Å². The van der Waals surface area contributed by atoms with E-state index in [1.54, 1.807) is 0 Å². The quantitative estimate of drug-likeness (QED) is 0.419. The molecule has 0 aliphatic heterocycles. The van der Waals surface area contributed by atoms with E-state index in [-0.39, 0.29) is 0 Å². The Balaban J connectivity index is -0.000000169. The summed E-state index contributed by atoms with van der Waals surface area (Å²) in [6.07, 6.45) is 3.29. The fraction of sp³-hybridized carbons (Fsp3) is 0.462. The molecule has 0 aromatic carbocycles. The van der Waals surface area contributed by atoms with Crippen molar-refractivity contribution in [3.63, 3.8) is 0 Å². The Kier molecular flexibility index (Phi) is 23.7. The van der Waals surface area contributed by atoms with E-state index in [1.165, 1.54) is 11.1 Å². The lowest BCUT2D eigenvalue weighted by Crippen LogP contribution is -1.73. The average molecular weight is 180 g/mol. The first-order valence-electron chi connectivity index (χ1n) is 4.71. The highest BCUT2D eigenvalue weighted by Gasteiger charge is 1.83. The molecule has 13 heavy (non-hydrogen) atoms. The maximum atomic E-state index is 3.81.